The van der Waals surface area contributed by atoms with Crippen LogP contribution in [0.25, 0.3) is 0 Å². The van der Waals surface area contributed by atoms with Crippen LogP contribution in [0.1, 0.15) is 26.0 Å². The van der Waals surface area contributed by atoms with Crippen molar-refractivity contribution in [1.29, 1.82) is 0 Å². The van der Waals surface area contributed by atoms with Gasteiger partial charge >= 0.3 is 0 Å². The zero-order chi connectivity index (χ0) is 11.6. The lowest BCUT2D eigenvalue weighted by molar-refractivity contribution is 0.101. The Morgan fingerprint density at radius 1 is 1.69 bits per heavy atom. The van der Waals surface area contributed by atoms with E-state index in [0.717, 1.165) is 19.6 Å². The predicted octanol–water partition coefficient (Wildman–Crippen LogP) is 1.17. The zero-order valence-electron chi connectivity index (χ0n) is 10.4. The van der Waals surface area contributed by atoms with E-state index in [9.17, 15) is 0 Å². The van der Waals surface area contributed by atoms with Crippen molar-refractivity contribution in [2.75, 3.05) is 20.2 Å². The third-order valence-electron chi connectivity index (χ3n) is 3.56. The van der Waals surface area contributed by atoms with E-state index in [1.165, 1.54) is 12.1 Å². The van der Waals surface area contributed by atoms with Gasteiger partial charge in [0.2, 0.25) is 0 Å². The van der Waals surface area contributed by atoms with E-state index in [2.05, 4.69) is 28.7 Å². The standard InChI is InChI=1S/C12H21N3O/c1-10(16-3)7-15-9-14-6-11(15)12(2)4-5-13-8-12/h6,9-10,13H,4-5,7-8H2,1-3H3. The van der Waals surface area contributed by atoms with Crippen LogP contribution in [0.3, 0.4) is 0 Å². The average Bonchev–Trinajstić information content (AvgIpc) is 2.87. The van der Waals surface area contributed by atoms with Gasteiger partial charge in [0.15, 0.2) is 0 Å². The summed E-state index contributed by atoms with van der Waals surface area (Å²) in [7, 11) is 1.75. The van der Waals surface area contributed by atoms with Crippen LogP contribution < -0.4 is 5.32 Å². The molecule has 2 heterocycles. The quantitative estimate of drug-likeness (QED) is 0.833. The fourth-order valence-corrected chi connectivity index (χ4v) is 2.36. The van der Waals surface area contributed by atoms with E-state index in [-0.39, 0.29) is 11.5 Å². The zero-order valence-corrected chi connectivity index (χ0v) is 10.4. The van der Waals surface area contributed by atoms with Crippen LogP contribution in [0.4, 0.5) is 0 Å². The van der Waals surface area contributed by atoms with Crippen molar-refractivity contribution in [3.63, 3.8) is 0 Å². The third-order valence-corrected chi connectivity index (χ3v) is 3.56. The molecule has 1 N–H and O–H groups in total. The number of ether oxygens (including phenoxy) is 1. The Hall–Kier alpha value is -0.870. The molecule has 2 unspecified atom stereocenters. The van der Waals surface area contributed by atoms with Crippen LogP contribution in [0.5, 0.6) is 0 Å². The summed E-state index contributed by atoms with van der Waals surface area (Å²) in [5.74, 6) is 0. The van der Waals surface area contributed by atoms with Gasteiger partial charge in [-0.2, -0.15) is 0 Å². The Balaban J connectivity index is 2.18. The molecule has 0 bridgehead atoms. The molecule has 0 spiro atoms. The molecule has 16 heavy (non-hydrogen) atoms. The Morgan fingerprint density at radius 2 is 2.50 bits per heavy atom. The molecule has 1 aromatic heterocycles. The van der Waals surface area contributed by atoms with Crippen LogP contribution >= 0.6 is 0 Å². The lowest BCUT2D eigenvalue weighted by Crippen LogP contribution is -2.29. The maximum atomic E-state index is 5.31. The molecule has 0 saturated carbocycles. The number of methoxy groups -OCH3 is 1. The average molecular weight is 223 g/mol. The van der Waals surface area contributed by atoms with Gasteiger partial charge in [-0.25, -0.2) is 4.98 Å². The van der Waals surface area contributed by atoms with Crippen molar-refractivity contribution >= 4 is 0 Å². The lowest BCUT2D eigenvalue weighted by atomic mass is 9.86. The summed E-state index contributed by atoms with van der Waals surface area (Å²) < 4.78 is 7.53. The molecule has 1 saturated heterocycles. The first kappa shape index (κ1) is 11.6. The first-order chi connectivity index (χ1) is 7.65. The molecule has 0 aromatic carbocycles. The number of hydrogen-bond donors (Lipinski definition) is 1. The van der Waals surface area contributed by atoms with Crippen molar-refractivity contribution in [3.8, 4) is 0 Å². The van der Waals surface area contributed by atoms with Gasteiger partial charge in [-0.3, -0.25) is 0 Å². The van der Waals surface area contributed by atoms with Crippen LogP contribution in [0.15, 0.2) is 12.5 Å². The Morgan fingerprint density at radius 3 is 3.12 bits per heavy atom. The summed E-state index contributed by atoms with van der Waals surface area (Å²) in [6.07, 6.45) is 5.31. The van der Waals surface area contributed by atoms with Gasteiger partial charge in [0.05, 0.1) is 12.4 Å². The summed E-state index contributed by atoms with van der Waals surface area (Å²) in [5.41, 5.74) is 1.55. The largest absolute Gasteiger partial charge is 0.380 e. The van der Waals surface area contributed by atoms with Crippen molar-refractivity contribution in [2.24, 2.45) is 0 Å². The van der Waals surface area contributed by atoms with Gasteiger partial charge in [-0.1, -0.05) is 6.92 Å². The number of hydrogen-bond acceptors (Lipinski definition) is 3. The minimum absolute atomic E-state index is 0.226. The van der Waals surface area contributed by atoms with E-state index >= 15 is 0 Å². The van der Waals surface area contributed by atoms with Crippen LogP contribution in [0.2, 0.25) is 0 Å². The van der Waals surface area contributed by atoms with E-state index in [1.807, 2.05) is 12.5 Å². The van der Waals surface area contributed by atoms with E-state index in [0.29, 0.717) is 0 Å². The maximum Gasteiger partial charge on any atom is 0.0949 e. The van der Waals surface area contributed by atoms with Crippen molar-refractivity contribution in [2.45, 2.75) is 38.3 Å². The first-order valence-electron chi connectivity index (χ1n) is 5.90. The Bertz CT molecular complexity index is 342. The highest BCUT2D eigenvalue weighted by atomic mass is 16.5. The minimum Gasteiger partial charge on any atom is -0.380 e. The molecule has 1 fully saturated rings. The van der Waals surface area contributed by atoms with E-state index < -0.39 is 0 Å². The van der Waals surface area contributed by atoms with Gasteiger partial charge in [0, 0.05) is 37.5 Å². The van der Waals surface area contributed by atoms with Gasteiger partial charge in [-0.15, -0.1) is 0 Å². The Labute approximate surface area is 97.0 Å². The molecule has 0 aliphatic carbocycles. The number of nitrogens with one attached hydrogen (secondary N) is 1. The molecular formula is C12H21N3O. The highest BCUT2D eigenvalue weighted by molar-refractivity contribution is 5.17. The third kappa shape index (κ3) is 2.13. The highest BCUT2D eigenvalue weighted by Crippen LogP contribution is 2.29. The molecule has 1 aliphatic heterocycles. The van der Waals surface area contributed by atoms with Gasteiger partial charge in [0.25, 0.3) is 0 Å². The summed E-state index contributed by atoms with van der Waals surface area (Å²) in [5, 5.41) is 3.42. The van der Waals surface area contributed by atoms with Crippen LogP contribution in [-0.4, -0.2) is 35.9 Å². The monoisotopic (exact) mass is 223 g/mol. The van der Waals surface area contributed by atoms with Gasteiger partial charge in [0.1, 0.15) is 0 Å². The van der Waals surface area contributed by atoms with E-state index in [1.54, 1.807) is 7.11 Å². The molecule has 1 aliphatic rings. The lowest BCUT2D eigenvalue weighted by Gasteiger charge is -2.25. The SMILES string of the molecule is COC(C)Cn1cncc1C1(C)CCNC1. The molecule has 2 rings (SSSR count). The van der Waals surface area contributed by atoms with Crippen molar-refractivity contribution in [3.05, 3.63) is 18.2 Å². The van der Waals surface area contributed by atoms with Crippen LogP contribution in [0, 0.1) is 0 Å². The Kier molecular flexibility index (Phi) is 3.30. The second-order valence-electron chi connectivity index (χ2n) is 4.96. The normalized spacial score (nSPS) is 27.2. The number of aromatic nitrogens is 2. The smallest absolute Gasteiger partial charge is 0.0949 e. The first-order valence-corrected chi connectivity index (χ1v) is 5.90. The molecule has 90 valence electrons. The fourth-order valence-electron chi connectivity index (χ4n) is 2.36. The predicted molar refractivity (Wildman–Crippen MR) is 63.5 cm³/mol. The maximum absolute atomic E-state index is 5.31. The topological polar surface area (TPSA) is 39.1 Å². The number of rotatable bonds is 4. The van der Waals surface area contributed by atoms with Gasteiger partial charge in [-0.05, 0) is 19.9 Å². The summed E-state index contributed by atoms with van der Waals surface area (Å²) >= 11 is 0. The van der Waals surface area contributed by atoms with Crippen molar-refractivity contribution in [1.82, 2.24) is 14.9 Å². The summed E-state index contributed by atoms with van der Waals surface area (Å²) in [4.78, 5) is 4.28. The van der Waals surface area contributed by atoms with Crippen LogP contribution in [-0.2, 0) is 16.7 Å². The molecule has 0 radical (unpaired) electrons. The second-order valence-corrected chi connectivity index (χ2v) is 4.96. The van der Waals surface area contributed by atoms with E-state index in [4.69, 9.17) is 4.74 Å². The molecule has 4 nitrogen and oxygen atoms in total. The number of imidazole rings is 1. The van der Waals surface area contributed by atoms with Gasteiger partial charge < -0.3 is 14.6 Å². The highest BCUT2D eigenvalue weighted by Gasteiger charge is 2.33. The molecular weight excluding hydrogens is 202 g/mol. The fraction of sp³-hybridized carbons (Fsp3) is 0.750. The molecule has 4 heteroatoms. The second kappa shape index (κ2) is 4.55. The minimum atomic E-state index is 0.226. The summed E-state index contributed by atoms with van der Waals surface area (Å²) in [6, 6.07) is 0. The summed E-state index contributed by atoms with van der Waals surface area (Å²) in [6.45, 7) is 7.40. The van der Waals surface area contributed by atoms with Crippen molar-refractivity contribution < 1.29 is 4.74 Å². The molecule has 1 aromatic rings. The molecule has 2 atom stereocenters. The molecule has 0 amide bonds. The number of nitrogens with zero attached hydrogens (tertiary/aromatic N) is 2.